The summed E-state index contributed by atoms with van der Waals surface area (Å²) < 4.78 is 4.67. The zero-order valence-corrected chi connectivity index (χ0v) is 10.9. The maximum atomic E-state index is 11.2. The topological polar surface area (TPSA) is 67.4 Å². The normalized spacial score (nSPS) is 11.7. The number of urea groups is 1. The van der Waals surface area contributed by atoms with Gasteiger partial charge in [-0.15, -0.1) is 0 Å². The van der Waals surface area contributed by atoms with Gasteiger partial charge < -0.3 is 15.4 Å². The molecule has 0 radical (unpaired) electrons. The van der Waals surface area contributed by atoms with Gasteiger partial charge in [-0.25, -0.2) is 4.79 Å². The Morgan fingerprint density at radius 1 is 1.38 bits per heavy atom. The molecule has 2 amide bonds. The molecule has 0 aromatic carbocycles. The van der Waals surface area contributed by atoms with Gasteiger partial charge in [0.15, 0.2) is 0 Å². The first-order chi connectivity index (χ1) is 7.60. The number of hydrogen-bond acceptors (Lipinski definition) is 4. The molecule has 0 aromatic heterocycles. The molecule has 16 heavy (non-hydrogen) atoms. The van der Waals surface area contributed by atoms with Gasteiger partial charge >= 0.3 is 12.0 Å². The molecule has 0 saturated heterocycles. The predicted octanol–water partition coefficient (Wildman–Crippen LogP) is 0.848. The van der Waals surface area contributed by atoms with Crippen LogP contribution in [0.5, 0.6) is 0 Å². The largest absolute Gasteiger partial charge is 0.465 e. The van der Waals surface area contributed by atoms with Crippen LogP contribution in [0.3, 0.4) is 0 Å². The third-order valence-corrected chi connectivity index (χ3v) is 2.66. The monoisotopic (exact) mass is 248 g/mol. The maximum absolute atomic E-state index is 11.2. The summed E-state index contributed by atoms with van der Waals surface area (Å²) in [6.07, 6.45) is 2.03. The fraction of sp³-hybridized carbons (Fsp3) is 0.800. The Hall–Kier alpha value is -0.910. The molecule has 0 aliphatic carbocycles. The lowest BCUT2D eigenvalue weighted by Crippen LogP contribution is -2.40. The highest BCUT2D eigenvalue weighted by Gasteiger charge is 2.07. The average Bonchev–Trinajstić information content (AvgIpc) is 2.24. The summed E-state index contributed by atoms with van der Waals surface area (Å²) in [5, 5.41) is 5.13. The van der Waals surface area contributed by atoms with Crippen LogP contribution in [-0.4, -0.2) is 43.7 Å². The summed E-state index contributed by atoms with van der Waals surface area (Å²) in [6.45, 7) is 4.63. The Morgan fingerprint density at radius 3 is 2.62 bits per heavy atom. The minimum Gasteiger partial charge on any atom is -0.465 e. The molecule has 0 heterocycles. The zero-order chi connectivity index (χ0) is 12.4. The second-order valence-corrected chi connectivity index (χ2v) is 4.34. The number of nitrogens with one attached hydrogen (secondary N) is 2. The molecule has 1 unspecified atom stereocenters. The van der Waals surface area contributed by atoms with E-state index in [2.05, 4.69) is 22.3 Å². The molecular weight excluding hydrogens is 228 g/mol. The predicted molar refractivity (Wildman–Crippen MR) is 65.6 cm³/mol. The van der Waals surface area contributed by atoms with E-state index in [9.17, 15) is 9.59 Å². The van der Waals surface area contributed by atoms with Crippen LogP contribution in [0.2, 0.25) is 0 Å². The number of hydrogen-bond donors (Lipinski definition) is 2. The lowest BCUT2D eigenvalue weighted by atomic mass is 10.2. The Morgan fingerprint density at radius 2 is 2.06 bits per heavy atom. The van der Waals surface area contributed by atoms with E-state index in [1.165, 1.54) is 0 Å². The first-order valence-electron chi connectivity index (χ1n) is 5.26. The Balaban J connectivity index is 3.55. The molecule has 0 fully saturated rings. The molecule has 0 spiro atoms. The molecule has 0 aromatic rings. The molecule has 94 valence electrons. The van der Waals surface area contributed by atoms with Gasteiger partial charge in [-0.2, -0.15) is 11.8 Å². The van der Waals surface area contributed by atoms with E-state index in [0.29, 0.717) is 19.1 Å². The SMILES string of the molecule is CCOC(=O)CNC(=O)NCC(C)CSC. The van der Waals surface area contributed by atoms with Crippen LogP contribution < -0.4 is 10.6 Å². The number of thioether (sulfide) groups is 1. The minimum absolute atomic E-state index is 0.0867. The highest BCUT2D eigenvalue weighted by molar-refractivity contribution is 7.98. The molecule has 1 atom stereocenters. The van der Waals surface area contributed by atoms with E-state index < -0.39 is 5.97 Å². The van der Waals surface area contributed by atoms with Crippen molar-refractivity contribution < 1.29 is 14.3 Å². The molecule has 2 N–H and O–H groups in total. The smallest absolute Gasteiger partial charge is 0.325 e. The fourth-order valence-electron chi connectivity index (χ4n) is 1.04. The highest BCUT2D eigenvalue weighted by atomic mass is 32.2. The van der Waals surface area contributed by atoms with Gasteiger partial charge in [0.05, 0.1) is 6.61 Å². The molecule has 0 bridgehead atoms. The quantitative estimate of drug-likeness (QED) is 0.655. The van der Waals surface area contributed by atoms with E-state index in [0.717, 1.165) is 5.75 Å². The number of carbonyl (C=O) groups is 2. The van der Waals surface area contributed by atoms with Crippen molar-refractivity contribution in [3.63, 3.8) is 0 Å². The fourth-order valence-corrected chi connectivity index (χ4v) is 1.72. The number of rotatable bonds is 7. The summed E-state index contributed by atoms with van der Waals surface area (Å²) >= 11 is 1.74. The van der Waals surface area contributed by atoms with Crippen molar-refractivity contribution in [2.45, 2.75) is 13.8 Å². The van der Waals surface area contributed by atoms with Crippen molar-refractivity contribution >= 4 is 23.8 Å². The zero-order valence-electron chi connectivity index (χ0n) is 10.0. The average molecular weight is 248 g/mol. The van der Waals surface area contributed by atoms with Gasteiger partial charge in [0.2, 0.25) is 0 Å². The van der Waals surface area contributed by atoms with Gasteiger partial charge in [0, 0.05) is 6.54 Å². The van der Waals surface area contributed by atoms with Gasteiger partial charge in [-0.1, -0.05) is 6.92 Å². The van der Waals surface area contributed by atoms with Crippen molar-refractivity contribution in [2.24, 2.45) is 5.92 Å². The lowest BCUT2D eigenvalue weighted by molar-refractivity contribution is -0.141. The van der Waals surface area contributed by atoms with Gasteiger partial charge in [0.1, 0.15) is 6.54 Å². The standard InChI is InChI=1S/C10H20N2O3S/c1-4-15-9(13)6-12-10(14)11-5-8(2)7-16-3/h8H,4-7H2,1-3H3,(H2,11,12,14). The van der Waals surface area contributed by atoms with E-state index in [-0.39, 0.29) is 12.6 Å². The lowest BCUT2D eigenvalue weighted by Gasteiger charge is -2.11. The summed E-state index contributed by atoms with van der Waals surface area (Å²) in [5.74, 6) is 0.996. The van der Waals surface area contributed by atoms with Crippen molar-refractivity contribution in [1.82, 2.24) is 10.6 Å². The van der Waals surface area contributed by atoms with Crippen LogP contribution in [0.1, 0.15) is 13.8 Å². The molecule has 0 aliphatic rings. The summed E-state index contributed by atoms with van der Waals surface area (Å²) in [6, 6.07) is -0.332. The highest BCUT2D eigenvalue weighted by Crippen LogP contribution is 2.02. The first kappa shape index (κ1) is 15.1. The maximum Gasteiger partial charge on any atom is 0.325 e. The van der Waals surface area contributed by atoms with Crippen LogP contribution in [0.25, 0.3) is 0 Å². The van der Waals surface area contributed by atoms with Gasteiger partial charge in [0.25, 0.3) is 0 Å². The number of carbonyl (C=O) groups excluding carboxylic acids is 2. The van der Waals surface area contributed by atoms with E-state index in [4.69, 9.17) is 0 Å². The van der Waals surface area contributed by atoms with Crippen LogP contribution in [-0.2, 0) is 9.53 Å². The van der Waals surface area contributed by atoms with Crippen LogP contribution >= 0.6 is 11.8 Å². The third-order valence-electron chi connectivity index (χ3n) is 1.76. The number of ether oxygens (including phenoxy) is 1. The second-order valence-electron chi connectivity index (χ2n) is 3.43. The molecule has 0 saturated carbocycles. The van der Waals surface area contributed by atoms with Crippen molar-refractivity contribution in [3.8, 4) is 0 Å². The van der Waals surface area contributed by atoms with Crippen molar-refractivity contribution in [3.05, 3.63) is 0 Å². The summed E-state index contributed by atoms with van der Waals surface area (Å²) in [7, 11) is 0. The van der Waals surface area contributed by atoms with Crippen molar-refractivity contribution in [1.29, 1.82) is 0 Å². The summed E-state index contributed by atoms with van der Waals surface area (Å²) in [5.41, 5.74) is 0. The molecule has 5 nitrogen and oxygen atoms in total. The number of esters is 1. The van der Waals surface area contributed by atoms with Gasteiger partial charge in [-0.05, 0) is 24.9 Å². The minimum atomic E-state index is -0.421. The molecule has 6 heteroatoms. The van der Waals surface area contributed by atoms with Gasteiger partial charge in [-0.3, -0.25) is 4.79 Å². The Kier molecular flexibility index (Phi) is 8.80. The Bertz CT molecular complexity index is 224. The van der Waals surface area contributed by atoms with Crippen molar-refractivity contribution in [2.75, 3.05) is 31.7 Å². The van der Waals surface area contributed by atoms with Crippen LogP contribution in [0, 0.1) is 5.92 Å². The first-order valence-corrected chi connectivity index (χ1v) is 6.65. The molecular formula is C10H20N2O3S. The van der Waals surface area contributed by atoms with E-state index in [1.54, 1.807) is 18.7 Å². The van der Waals surface area contributed by atoms with Crippen LogP contribution in [0.15, 0.2) is 0 Å². The van der Waals surface area contributed by atoms with E-state index in [1.807, 2.05) is 6.26 Å². The second kappa shape index (κ2) is 9.33. The third kappa shape index (κ3) is 8.40. The Labute approximate surface area is 101 Å². The summed E-state index contributed by atoms with van der Waals surface area (Å²) in [4.78, 5) is 22.1. The van der Waals surface area contributed by atoms with E-state index >= 15 is 0 Å². The van der Waals surface area contributed by atoms with Crippen LogP contribution in [0.4, 0.5) is 4.79 Å². The molecule has 0 aliphatic heterocycles. The number of amides is 2. The molecule has 0 rings (SSSR count).